The molecule has 3 aromatic rings. The van der Waals surface area contributed by atoms with Crippen molar-refractivity contribution in [2.75, 3.05) is 23.9 Å². The van der Waals surface area contributed by atoms with Crippen molar-refractivity contribution < 1.29 is 0 Å². The lowest BCUT2D eigenvalue weighted by molar-refractivity contribution is 0.596. The summed E-state index contributed by atoms with van der Waals surface area (Å²) in [6.45, 7) is 21.5. The van der Waals surface area contributed by atoms with Crippen molar-refractivity contribution in [1.29, 1.82) is 0 Å². The molecule has 5 heteroatoms. The van der Waals surface area contributed by atoms with E-state index in [0.717, 1.165) is 22.6 Å². The van der Waals surface area contributed by atoms with Gasteiger partial charge < -0.3 is 9.80 Å². The maximum Gasteiger partial charge on any atom is 0.560 e. The van der Waals surface area contributed by atoms with Crippen molar-refractivity contribution >= 4 is 22.1 Å². The number of benzene rings is 2. The third-order valence-electron chi connectivity index (χ3n) is 5.59. The zero-order chi connectivity index (χ0) is 21.6. The van der Waals surface area contributed by atoms with Gasteiger partial charge in [0.15, 0.2) is 0 Å². The third kappa shape index (κ3) is 2.88. The SMILES string of the molecule is [C-]#[N+]C([N+]#[C-])=C1N(C)c2ccnc(-c3cc(C(C)(C)C)c4ccccc4c3)c2N1C. The highest BCUT2D eigenvalue weighted by molar-refractivity contribution is 5.97. The minimum atomic E-state index is -0.0251. The first kappa shape index (κ1) is 19.5. The Kier molecular flexibility index (Phi) is 4.48. The van der Waals surface area contributed by atoms with Crippen molar-refractivity contribution in [3.05, 3.63) is 88.7 Å². The highest BCUT2D eigenvalue weighted by Gasteiger charge is 2.36. The molecule has 1 aliphatic heterocycles. The van der Waals surface area contributed by atoms with Gasteiger partial charge in [-0.15, -0.1) is 0 Å². The molecule has 0 amide bonds. The Hall–Kier alpha value is -3.83. The van der Waals surface area contributed by atoms with Gasteiger partial charge in [-0.05, 0) is 39.9 Å². The van der Waals surface area contributed by atoms with Crippen LogP contribution >= 0.6 is 0 Å². The topological polar surface area (TPSA) is 28.1 Å². The highest BCUT2D eigenvalue weighted by atomic mass is 15.4. The Morgan fingerprint density at radius 2 is 1.67 bits per heavy atom. The van der Waals surface area contributed by atoms with Crippen LogP contribution in [0, 0.1) is 13.1 Å². The van der Waals surface area contributed by atoms with Gasteiger partial charge in [0.1, 0.15) is 13.1 Å². The molecule has 4 rings (SSSR count). The number of aromatic nitrogens is 1. The van der Waals surface area contributed by atoms with E-state index in [4.69, 9.17) is 18.1 Å². The van der Waals surface area contributed by atoms with Gasteiger partial charge in [-0.25, -0.2) is 0 Å². The summed E-state index contributed by atoms with van der Waals surface area (Å²) in [5.41, 5.74) is 4.97. The first-order valence-electron chi connectivity index (χ1n) is 9.77. The van der Waals surface area contributed by atoms with Gasteiger partial charge >= 0.3 is 5.82 Å². The molecule has 2 heterocycles. The fraction of sp³-hybridized carbons (Fsp3) is 0.240. The molecule has 148 valence electrons. The third-order valence-corrected chi connectivity index (χ3v) is 5.59. The molecule has 2 aromatic carbocycles. The van der Waals surface area contributed by atoms with E-state index in [1.165, 1.54) is 16.3 Å². The molecule has 0 fully saturated rings. The molecule has 30 heavy (non-hydrogen) atoms. The second-order valence-corrected chi connectivity index (χ2v) is 8.51. The van der Waals surface area contributed by atoms with E-state index in [1.54, 1.807) is 6.20 Å². The molecular weight excluding hydrogens is 370 g/mol. The van der Waals surface area contributed by atoms with Crippen LogP contribution in [0.2, 0.25) is 0 Å². The number of rotatable bonds is 1. The van der Waals surface area contributed by atoms with E-state index in [-0.39, 0.29) is 11.2 Å². The molecular formula is C25H23N5. The van der Waals surface area contributed by atoms with Crippen LogP contribution in [0.25, 0.3) is 31.7 Å². The van der Waals surface area contributed by atoms with Gasteiger partial charge in [0.2, 0.25) is 5.82 Å². The van der Waals surface area contributed by atoms with Crippen LogP contribution in [-0.2, 0) is 5.41 Å². The summed E-state index contributed by atoms with van der Waals surface area (Å²) in [5.74, 6) is 0.636. The quantitative estimate of drug-likeness (QED) is 0.471. The van der Waals surface area contributed by atoms with Crippen LogP contribution in [0.4, 0.5) is 11.4 Å². The molecule has 1 aromatic heterocycles. The first-order valence-corrected chi connectivity index (χ1v) is 9.77. The van der Waals surface area contributed by atoms with Crippen LogP contribution in [0.3, 0.4) is 0 Å². The number of hydrogen-bond acceptors (Lipinski definition) is 3. The smallest absolute Gasteiger partial charge is 0.331 e. The molecule has 0 saturated heterocycles. The second kappa shape index (κ2) is 6.90. The predicted octanol–water partition coefficient (Wildman–Crippen LogP) is 6.05. The van der Waals surface area contributed by atoms with E-state index >= 15 is 0 Å². The van der Waals surface area contributed by atoms with Gasteiger partial charge in [0.25, 0.3) is 0 Å². The van der Waals surface area contributed by atoms with Gasteiger partial charge in [-0.2, -0.15) is 9.69 Å². The average Bonchev–Trinajstić information content (AvgIpc) is 2.98. The van der Waals surface area contributed by atoms with Gasteiger partial charge in [0.05, 0.1) is 17.1 Å². The van der Waals surface area contributed by atoms with Crippen molar-refractivity contribution in [1.82, 2.24) is 4.98 Å². The number of hydrogen-bond donors (Lipinski definition) is 0. The van der Waals surface area contributed by atoms with Crippen LogP contribution in [-0.4, -0.2) is 19.1 Å². The van der Waals surface area contributed by atoms with Crippen LogP contribution in [0.5, 0.6) is 0 Å². The summed E-state index contributed by atoms with van der Waals surface area (Å²) in [5, 5.41) is 2.42. The van der Waals surface area contributed by atoms with Gasteiger partial charge in [-0.3, -0.25) is 4.98 Å². The Morgan fingerprint density at radius 3 is 2.33 bits per heavy atom. The molecule has 0 N–H and O–H groups in total. The first-order chi connectivity index (χ1) is 14.3. The van der Waals surface area contributed by atoms with Crippen LogP contribution < -0.4 is 9.80 Å². The summed E-state index contributed by atoms with van der Waals surface area (Å²) in [6, 6.07) is 14.8. The van der Waals surface area contributed by atoms with Crippen LogP contribution in [0.15, 0.2) is 60.3 Å². The Bertz CT molecular complexity index is 1270. The molecule has 0 aliphatic carbocycles. The van der Waals surface area contributed by atoms with Crippen molar-refractivity contribution in [2.45, 2.75) is 26.2 Å². The number of nitrogens with zero attached hydrogens (tertiary/aromatic N) is 5. The van der Waals surface area contributed by atoms with Crippen molar-refractivity contribution in [3.63, 3.8) is 0 Å². The number of pyridine rings is 1. The lowest BCUT2D eigenvalue weighted by Crippen LogP contribution is -2.23. The van der Waals surface area contributed by atoms with E-state index in [2.05, 4.69) is 66.9 Å². The molecule has 1 aliphatic rings. The Morgan fingerprint density at radius 1 is 0.967 bits per heavy atom. The van der Waals surface area contributed by atoms with Crippen molar-refractivity contribution in [2.24, 2.45) is 0 Å². The Labute approximate surface area is 177 Å². The Balaban J connectivity index is 2.01. The minimum Gasteiger partial charge on any atom is -0.331 e. The van der Waals surface area contributed by atoms with E-state index in [9.17, 15) is 0 Å². The molecule has 0 bridgehead atoms. The van der Waals surface area contributed by atoms with E-state index in [1.807, 2.05) is 30.0 Å². The maximum atomic E-state index is 7.40. The standard InChI is InChI=1S/C25H23N5/c1-25(2,3)19-15-17(14-16-10-8-9-11-18(16)19)21-22-20(12-13-28-21)29(6)24(30(22)7)23(26-4)27-5/h8-15H,1-3,6-7H3. The van der Waals surface area contributed by atoms with Gasteiger partial charge in [0, 0.05) is 25.9 Å². The lowest BCUT2D eigenvalue weighted by atomic mass is 9.82. The van der Waals surface area contributed by atoms with E-state index in [0.29, 0.717) is 5.82 Å². The fourth-order valence-corrected chi connectivity index (χ4v) is 4.19. The zero-order valence-corrected chi connectivity index (χ0v) is 17.9. The molecule has 0 atom stereocenters. The van der Waals surface area contributed by atoms with Crippen LogP contribution in [0.1, 0.15) is 26.3 Å². The normalized spacial score (nSPS) is 13.2. The molecule has 0 unspecified atom stereocenters. The second-order valence-electron chi connectivity index (χ2n) is 8.51. The molecule has 0 saturated carbocycles. The highest BCUT2D eigenvalue weighted by Crippen LogP contribution is 2.47. The maximum absolute atomic E-state index is 7.40. The summed E-state index contributed by atoms with van der Waals surface area (Å²) in [7, 11) is 3.78. The number of anilines is 2. The zero-order valence-electron chi connectivity index (χ0n) is 17.9. The van der Waals surface area contributed by atoms with E-state index < -0.39 is 0 Å². The monoisotopic (exact) mass is 393 g/mol. The number of fused-ring (bicyclic) bond motifs is 2. The lowest BCUT2D eigenvalue weighted by Gasteiger charge is -2.23. The summed E-state index contributed by atoms with van der Waals surface area (Å²) < 4.78 is 0. The molecule has 5 nitrogen and oxygen atoms in total. The summed E-state index contributed by atoms with van der Waals surface area (Å²) in [4.78, 5) is 15.4. The predicted molar refractivity (Wildman–Crippen MR) is 123 cm³/mol. The largest absolute Gasteiger partial charge is 0.560 e. The van der Waals surface area contributed by atoms with Gasteiger partial charge in [-0.1, -0.05) is 45.0 Å². The summed E-state index contributed by atoms with van der Waals surface area (Å²) in [6.07, 6.45) is 1.79. The molecule has 0 spiro atoms. The average molecular weight is 393 g/mol. The fourth-order valence-electron chi connectivity index (χ4n) is 4.19. The van der Waals surface area contributed by atoms with Crippen molar-refractivity contribution in [3.8, 4) is 11.3 Å². The minimum absolute atomic E-state index is 0.0251. The summed E-state index contributed by atoms with van der Waals surface area (Å²) >= 11 is 0. The molecule has 0 radical (unpaired) electrons.